The van der Waals surface area contributed by atoms with Gasteiger partial charge >= 0.3 is 0 Å². The Bertz CT molecular complexity index is 399. The standard InChI is InChI=1S/C13H19F2NOS/c1-13(2,18-3)8-16-7-12(17)10-6-9(14)4-5-11(10)15/h4-6,12,16-17H,7-8H2,1-3H3. The summed E-state index contributed by atoms with van der Waals surface area (Å²) in [5.41, 5.74) is -0.00976. The average molecular weight is 275 g/mol. The molecule has 0 bridgehead atoms. The van der Waals surface area contributed by atoms with Crippen molar-refractivity contribution in [1.82, 2.24) is 5.32 Å². The van der Waals surface area contributed by atoms with Gasteiger partial charge in [-0.1, -0.05) is 0 Å². The molecule has 1 atom stereocenters. The minimum Gasteiger partial charge on any atom is -0.387 e. The van der Waals surface area contributed by atoms with Gasteiger partial charge in [-0.15, -0.1) is 0 Å². The third-order valence-corrected chi connectivity index (χ3v) is 4.01. The zero-order valence-corrected chi connectivity index (χ0v) is 11.7. The smallest absolute Gasteiger partial charge is 0.129 e. The van der Waals surface area contributed by atoms with Crippen molar-refractivity contribution in [2.24, 2.45) is 0 Å². The second-order valence-electron chi connectivity index (χ2n) is 4.78. The first-order valence-electron chi connectivity index (χ1n) is 5.74. The second kappa shape index (κ2) is 6.50. The van der Waals surface area contributed by atoms with Crippen LogP contribution in [-0.2, 0) is 0 Å². The van der Waals surface area contributed by atoms with Crippen LogP contribution < -0.4 is 5.32 Å². The van der Waals surface area contributed by atoms with Gasteiger partial charge in [-0.2, -0.15) is 11.8 Å². The van der Waals surface area contributed by atoms with Gasteiger partial charge in [0.2, 0.25) is 0 Å². The first-order valence-corrected chi connectivity index (χ1v) is 6.97. The van der Waals surface area contributed by atoms with Gasteiger partial charge in [-0.05, 0) is 38.3 Å². The summed E-state index contributed by atoms with van der Waals surface area (Å²) in [6.07, 6.45) is 0.961. The first-order chi connectivity index (χ1) is 8.35. The molecule has 102 valence electrons. The number of benzene rings is 1. The first kappa shape index (κ1) is 15.4. The van der Waals surface area contributed by atoms with Crippen molar-refractivity contribution in [3.63, 3.8) is 0 Å². The molecule has 0 saturated carbocycles. The Morgan fingerprint density at radius 2 is 2.06 bits per heavy atom. The lowest BCUT2D eigenvalue weighted by Crippen LogP contribution is -2.34. The highest BCUT2D eigenvalue weighted by atomic mass is 32.2. The molecule has 1 aromatic rings. The molecule has 0 fully saturated rings. The molecule has 2 N–H and O–H groups in total. The van der Waals surface area contributed by atoms with Gasteiger partial charge in [-0.3, -0.25) is 0 Å². The third kappa shape index (κ3) is 4.55. The lowest BCUT2D eigenvalue weighted by molar-refractivity contribution is 0.169. The summed E-state index contributed by atoms with van der Waals surface area (Å²) in [6, 6.07) is 3.09. The van der Waals surface area contributed by atoms with Crippen molar-refractivity contribution in [2.45, 2.75) is 24.7 Å². The number of rotatable bonds is 6. The van der Waals surface area contributed by atoms with E-state index in [0.717, 1.165) is 18.2 Å². The van der Waals surface area contributed by atoms with E-state index in [1.807, 2.05) is 6.26 Å². The Hall–Kier alpha value is -0.650. The van der Waals surface area contributed by atoms with Gasteiger partial charge in [0.25, 0.3) is 0 Å². The topological polar surface area (TPSA) is 32.3 Å². The number of nitrogens with one attached hydrogen (secondary N) is 1. The van der Waals surface area contributed by atoms with Crippen LogP contribution in [0.2, 0.25) is 0 Å². The summed E-state index contributed by atoms with van der Waals surface area (Å²) in [6.45, 7) is 5.02. The third-order valence-electron chi connectivity index (χ3n) is 2.76. The fourth-order valence-electron chi connectivity index (χ4n) is 1.46. The van der Waals surface area contributed by atoms with Crippen LogP contribution in [0.1, 0.15) is 25.5 Å². The lowest BCUT2D eigenvalue weighted by Gasteiger charge is -2.23. The highest BCUT2D eigenvalue weighted by Crippen LogP contribution is 2.21. The van der Waals surface area contributed by atoms with E-state index in [4.69, 9.17) is 0 Å². The molecule has 0 heterocycles. The van der Waals surface area contributed by atoms with Crippen LogP contribution in [-0.4, -0.2) is 29.2 Å². The summed E-state index contributed by atoms with van der Waals surface area (Å²) in [5, 5.41) is 12.9. The lowest BCUT2D eigenvalue weighted by atomic mass is 10.1. The van der Waals surface area contributed by atoms with E-state index in [-0.39, 0.29) is 16.9 Å². The van der Waals surface area contributed by atoms with Crippen molar-refractivity contribution in [3.8, 4) is 0 Å². The monoisotopic (exact) mass is 275 g/mol. The van der Waals surface area contributed by atoms with E-state index >= 15 is 0 Å². The molecule has 5 heteroatoms. The molecule has 0 aliphatic rings. The maximum atomic E-state index is 13.4. The molecular formula is C13H19F2NOS. The van der Waals surface area contributed by atoms with E-state index in [1.165, 1.54) is 0 Å². The zero-order chi connectivity index (χ0) is 13.8. The Labute approximate surface area is 111 Å². The Kier molecular flexibility index (Phi) is 5.56. The summed E-state index contributed by atoms with van der Waals surface area (Å²) < 4.78 is 26.4. The Morgan fingerprint density at radius 1 is 1.39 bits per heavy atom. The maximum absolute atomic E-state index is 13.4. The highest BCUT2D eigenvalue weighted by molar-refractivity contribution is 7.99. The predicted octanol–water partition coefficient (Wildman–Crippen LogP) is 2.73. The van der Waals surface area contributed by atoms with Gasteiger partial charge in [0.05, 0.1) is 6.10 Å². The molecule has 0 radical (unpaired) electrons. The van der Waals surface area contributed by atoms with Crippen LogP contribution in [0.15, 0.2) is 18.2 Å². The summed E-state index contributed by atoms with van der Waals surface area (Å²) in [7, 11) is 0. The van der Waals surface area contributed by atoms with E-state index in [0.29, 0.717) is 6.54 Å². The number of hydrogen-bond donors (Lipinski definition) is 2. The Morgan fingerprint density at radius 3 is 2.67 bits per heavy atom. The minimum atomic E-state index is -1.04. The van der Waals surface area contributed by atoms with Gasteiger partial charge in [0.15, 0.2) is 0 Å². The highest BCUT2D eigenvalue weighted by Gasteiger charge is 2.18. The van der Waals surface area contributed by atoms with E-state index in [1.54, 1.807) is 11.8 Å². The SMILES string of the molecule is CSC(C)(C)CNCC(O)c1cc(F)ccc1F. The molecule has 2 nitrogen and oxygen atoms in total. The summed E-state index contributed by atoms with van der Waals surface area (Å²) in [5.74, 6) is -1.13. The fraction of sp³-hybridized carbons (Fsp3) is 0.538. The Balaban J connectivity index is 2.55. The van der Waals surface area contributed by atoms with Gasteiger partial charge in [0, 0.05) is 23.4 Å². The number of aliphatic hydroxyl groups excluding tert-OH is 1. The van der Waals surface area contributed by atoms with Crippen molar-refractivity contribution in [2.75, 3.05) is 19.3 Å². The largest absolute Gasteiger partial charge is 0.387 e. The van der Waals surface area contributed by atoms with Crippen LogP contribution in [0.5, 0.6) is 0 Å². The molecule has 1 unspecified atom stereocenters. The van der Waals surface area contributed by atoms with Crippen molar-refractivity contribution < 1.29 is 13.9 Å². The van der Waals surface area contributed by atoms with Crippen molar-refractivity contribution >= 4 is 11.8 Å². The molecule has 0 aliphatic heterocycles. The molecule has 0 amide bonds. The van der Waals surface area contributed by atoms with Crippen LogP contribution in [0.3, 0.4) is 0 Å². The molecule has 0 aliphatic carbocycles. The fourth-order valence-corrected chi connectivity index (χ4v) is 1.71. The number of thioether (sulfide) groups is 1. The number of halogens is 2. The van der Waals surface area contributed by atoms with E-state index < -0.39 is 17.7 Å². The molecule has 1 rings (SSSR count). The van der Waals surface area contributed by atoms with Crippen LogP contribution >= 0.6 is 11.8 Å². The molecule has 0 saturated heterocycles. The molecule has 18 heavy (non-hydrogen) atoms. The van der Waals surface area contributed by atoms with Gasteiger partial charge in [0.1, 0.15) is 11.6 Å². The van der Waals surface area contributed by atoms with Crippen molar-refractivity contribution in [1.29, 1.82) is 0 Å². The molecular weight excluding hydrogens is 256 g/mol. The predicted molar refractivity (Wildman–Crippen MR) is 71.8 cm³/mol. The molecule has 0 spiro atoms. The quantitative estimate of drug-likeness (QED) is 0.837. The van der Waals surface area contributed by atoms with E-state index in [2.05, 4.69) is 19.2 Å². The number of aliphatic hydroxyl groups is 1. The van der Waals surface area contributed by atoms with Gasteiger partial charge in [-0.25, -0.2) is 8.78 Å². The maximum Gasteiger partial charge on any atom is 0.129 e. The normalized spacial score (nSPS) is 13.7. The van der Waals surface area contributed by atoms with Gasteiger partial charge < -0.3 is 10.4 Å². The average Bonchev–Trinajstić information content (AvgIpc) is 2.32. The zero-order valence-electron chi connectivity index (χ0n) is 10.8. The van der Waals surface area contributed by atoms with Crippen molar-refractivity contribution in [3.05, 3.63) is 35.4 Å². The number of hydrogen-bond acceptors (Lipinski definition) is 3. The van der Waals surface area contributed by atoms with Crippen LogP contribution in [0.25, 0.3) is 0 Å². The minimum absolute atomic E-state index is 0.00976. The van der Waals surface area contributed by atoms with Crippen LogP contribution in [0.4, 0.5) is 8.78 Å². The summed E-state index contributed by atoms with van der Waals surface area (Å²) >= 11 is 1.70. The van der Waals surface area contributed by atoms with E-state index in [9.17, 15) is 13.9 Å². The van der Waals surface area contributed by atoms with Crippen LogP contribution in [0, 0.1) is 11.6 Å². The molecule has 1 aromatic carbocycles. The summed E-state index contributed by atoms with van der Waals surface area (Å²) in [4.78, 5) is 0. The second-order valence-corrected chi connectivity index (χ2v) is 6.29. The molecule has 0 aromatic heterocycles.